The van der Waals surface area contributed by atoms with Gasteiger partial charge in [-0.3, -0.25) is 10.2 Å². The largest absolute Gasteiger partial charge is 0.353 e. The number of nitrogen functional groups attached to an aromatic ring is 1. The smallest absolute Gasteiger partial charge is 0.343 e. The zero-order valence-electron chi connectivity index (χ0n) is 12.4. The Morgan fingerprint density at radius 2 is 1.87 bits per heavy atom. The van der Waals surface area contributed by atoms with Gasteiger partial charge in [0.25, 0.3) is 5.56 Å². The van der Waals surface area contributed by atoms with Gasteiger partial charge in [0.05, 0.1) is 11.0 Å². The molecule has 0 aliphatic carbocycles. The highest BCUT2D eigenvalue weighted by Crippen LogP contribution is 2.29. The van der Waals surface area contributed by atoms with Crippen molar-refractivity contribution in [2.45, 2.75) is 6.92 Å². The Hall–Kier alpha value is -3.12. The first-order valence-corrected chi connectivity index (χ1v) is 7.18. The number of fused-ring (bicyclic) bond motifs is 5. The highest BCUT2D eigenvalue weighted by molar-refractivity contribution is 6.17. The van der Waals surface area contributed by atoms with Crippen LogP contribution in [0.1, 0.15) is 5.56 Å². The third-order valence-electron chi connectivity index (χ3n) is 4.11. The van der Waals surface area contributed by atoms with Gasteiger partial charge in [0.1, 0.15) is 0 Å². The van der Waals surface area contributed by atoms with Gasteiger partial charge in [-0.25, -0.2) is 15.2 Å². The maximum absolute atomic E-state index is 12.8. The van der Waals surface area contributed by atoms with E-state index in [1.54, 1.807) is 12.1 Å². The highest BCUT2D eigenvalue weighted by atomic mass is 16.2. The van der Waals surface area contributed by atoms with E-state index in [2.05, 4.69) is 10.4 Å². The first-order valence-electron chi connectivity index (χ1n) is 7.18. The lowest BCUT2D eigenvalue weighted by atomic mass is 10.1. The number of H-pyrrole nitrogens is 1. The lowest BCUT2D eigenvalue weighted by molar-refractivity contribution is 0.243. The lowest BCUT2D eigenvalue weighted by Gasteiger charge is -2.08. The number of nitrogens with two attached hydrogens (primary N) is 1. The molecular formula is C17H14N4O2. The molecule has 1 amide bonds. The molecule has 2 aromatic carbocycles. The van der Waals surface area contributed by atoms with Gasteiger partial charge < -0.3 is 4.98 Å². The second-order valence-electron chi connectivity index (χ2n) is 5.53. The van der Waals surface area contributed by atoms with Crippen molar-refractivity contribution in [1.29, 1.82) is 0 Å². The molecule has 0 saturated carbocycles. The molecule has 0 saturated heterocycles. The van der Waals surface area contributed by atoms with Crippen LogP contribution in [0.4, 0.5) is 4.79 Å². The number of carbonyl (C=O) groups is 1. The minimum Gasteiger partial charge on any atom is -0.353 e. The molecule has 0 radical (unpaired) electrons. The van der Waals surface area contributed by atoms with E-state index in [1.165, 1.54) is 0 Å². The number of hydrogen-bond acceptors (Lipinski definition) is 3. The van der Waals surface area contributed by atoms with Crippen LogP contribution in [0.5, 0.6) is 0 Å². The van der Waals surface area contributed by atoms with Crippen molar-refractivity contribution in [3.05, 3.63) is 58.4 Å². The molecule has 4 N–H and O–H groups in total. The molecular weight excluding hydrogens is 292 g/mol. The van der Waals surface area contributed by atoms with E-state index in [1.807, 2.05) is 37.3 Å². The van der Waals surface area contributed by atoms with Crippen LogP contribution in [0.3, 0.4) is 0 Å². The number of aryl methyl sites for hydroxylation is 1. The fourth-order valence-corrected chi connectivity index (χ4v) is 3.09. The molecule has 2 heterocycles. The van der Waals surface area contributed by atoms with E-state index in [0.717, 1.165) is 31.9 Å². The summed E-state index contributed by atoms with van der Waals surface area (Å²) in [7, 11) is 0. The maximum atomic E-state index is 12.8. The van der Waals surface area contributed by atoms with Gasteiger partial charge in [-0.05, 0) is 25.1 Å². The molecule has 114 valence electrons. The summed E-state index contributed by atoms with van der Waals surface area (Å²) >= 11 is 0. The summed E-state index contributed by atoms with van der Waals surface area (Å²) in [6, 6.07) is 12.4. The van der Waals surface area contributed by atoms with E-state index in [4.69, 9.17) is 5.84 Å². The summed E-state index contributed by atoms with van der Waals surface area (Å²) in [5.74, 6) is 5.28. The summed E-state index contributed by atoms with van der Waals surface area (Å²) in [5.41, 5.74) is 4.85. The van der Waals surface area contributed by atoms with Crippen molar-refractivity contribution in [2.24, 2.45) is 5.84 Å². The molecule has 6 heteroatoms. The summed E-state index contributed by atoms with van der Waals surface area (Å²) in [6.45, 7) is 1.96. The van der Waals surface area contributed by atoms with E-state index in [-0.39, 0.29) is 0 Å². The fraction of sp³-hybridized carbons (Fsp3) is 0.0588. The van der Waals surface area contributed by atoms with Crippen LogP contribution in [0.25, 0.3) is 32.7 Å². The van der Waals surface area contributed by atoms with E-state index in [0.29, 0.717) is 10.9 Å². The molecule has 23 heavy (non-hydrogen) atoms. The summed E-state index contributed by atoms with van der Waals surface area (Å²) in [4.78, 5) is 28.3. The van der Waals surface area contributed by atoms with Crippen LogP contribution in [0, 0.1) is 6.92 Å². The summed E-state index contributed by atoms with van der Waals surface area (Å²) < 4.78 is 1.09. The zero-order valence-corrected chi connectivity index (χ0v) is 12.4. The van der Waals surface area contributed by atoms with Crippen molar-refractivity contribution in [1.82, 2.24) is 15.0 Å². The summed E-state index contributed by atoms with van der Waals surface area (Å²) in [6.07, 6.45) is 0. The highest BCUT2D eigenvalue weighted by Gasteiger charge is 2.19. The Labute approximate surface area is 130 Å². The standard InChI is InChI=1S/C17H14N4O2/c1-9-6-7-13-12(8-9)15-14(19-13)10-4-2-3-5-11(10)16(22)21(15)17(23)20-18/h2-8,19H,18H2,1H3,(H,20,23). The van der Waals surface area contributed by atoms with Crippen LogP contribution in [0.15, 0.2) is 47.3 Å². The first kappa shape index (κ1) is 13.5. The van der Waals surface area contributed by atoms with Gasteiger partial charge in [-0.2, -0.15) is 0 Å². The minimum absolute atomic E-state index is 0.390. The number of amides is 1. The number of rotatable bonds is 0. The Kier molecular flexibility index (Phi) is 2.76. The Balaban J connectivity index is 2.38. The van der Waals surface area contributed by atoms with Gasteiger partial charge in [0, 0.05) is 21.7 Å². The second-order valence-corrected chi connectivity index (χ2v) is 5.53. The molecule has 0 atom stereocenters. The van der Waals surface area contributed by atoms with Crippen molar-refractivity contribution in [3.8, 4) is 0 Å². The minimum atomic E-state index is -0.659. The number of hydrogen-bond donors (Lipinski definition) is 3. The van der Waals surface area contributed by atoms with Crippen LogP contribution >= 0.6 is 0 Å². The average Bonchev–Trinajstić information content (AvgIpc) is 2.93. The predicted octanol–water partition coefficient (Wildman–Crippen LogP) is 2.38. The molecule has 6 nitrogen and oxygen atoms in total. The molecule has 2 aromatic heterocycles. The SMILES string of the molecule is Cc1ccc2[nH]c3c4ccccc4c(=O)n(C(=O)NN)c3c2c1. The topological polar surface area (TPSA) is 92.9 Å². The van der Waals surface area contributed by atoms with Crippen molar-refractivity contribution in [2.75, 3.05) is 0 Å². The number of carbonyl (C=O) groups excluding carboxylic acids is 1. The zero-order chi connectivity index (χ0) is 16.1. The fourth-order valence-electron chi connectivity index (χ4n) is 3.09. The third-order valence-corrected chi connectivity index (χ3v) is 4.11. The number of aromatic nitrogens is 2. The molecule has 0 bridgehead atoms. The van der Waals surface area contributed by atoms with E-state index >= 15 is 0 Å². The number of nitrogens with one attached hydrogen (secondary N) is 2. The third kappa shape index (κ3) is 1.79. The second kappa shape index (κ2) is 4.69. The molecule has 0 aliphatic rings. The van der Waals surface area contributed by atoms with Gasteiger partial charge in [0.15, 0.2) is 0 Å². The number of benzene rings is 2. The number of pyridine rings is 1. The molecule has 0 fully saturated rings. The molecule has 0 spiro atoms. The Morgan fingerprint density at radius 3 is 2.61 bits per heavy atom. The van der Waals surface area contributed by atoms with E-state index in [9.17, 15) is 9.59 Å². The van der Waals surface area contributed by atoms with Crippen LogP contribution in [0.2, 0.25) is 0 Å². The molecule has 0 aliphatic heterocycles. The van der Waals surface area contributed by atoms with Crippen LogP contribution < -0.4 is 16.8 Å². The van der Waals surface area contributed by atoms with Gasteiger partial charge in [-0.15, -0.1) is 0 Å². The maximum Gasteiger partial charge on any atom is 0.343 e. The molecule has 4 rings (SSSR count). The van der Waals surface area contributed by atoms with Crippen LogP contribution in [-0.2, 0) is 0 Å². The molecule has 0 unspecified atom stereocenters. The van der Waals surface area contributed by atoms with Gasteiger partial charge in [-0.1, -0.05) is 29.8 Å². The van der Waals surface area contributed by atoms with Crippen molar-refractivity contribution < 1.29 is 4.79 Å². The predicted molar refractivity (Wildman–Crippen MR) is 90.4 cm³/mol. The Bertz CT molecular complexity index is 1150. The Morgan fingerprint density at radius 1 is 1.13 bits per heavy atom. The number of hydrazine groups is 1. The lowest BCUT2D eigenvalue weighted by Crippen LogP contribution is -2.40. The van der Waals surface area contributed by atoms with E-state index < -0.39 is 11.6 Å². The van der Waals surface area contributed by atoms with Gasteiger partial charge >= 0.3 is 6.03 Å². The van der Waals surface area contributed by atoms with Crippen LogP contribution in [-0.4, -0.2) is 15.6 Å². The van der Waals surface area contributed by atoms with Crippen molar-refractivity contribution in [3.63, 3.8) is 0 Å². The first-order chi connectivity index (χ1) is 11.1. The average molecular weight is 306 g/mol. The number of nitrogens with zero attached hydrogens (tertiary/aromatic N) is 1. The quantitative estimate of drug-likeness (QED) is 0.264. The summed E-state index contributed by atoms with van der Waals surface area (Å²) in [5, 5.41) is 2.06. The normalized spacial score (nSPS) is 11.4. The van der Waals surface area contributed by atoms with Gasteiger partial charge in [0.2, 0.25) is 0 Å². The monoisotopic (exact) mass is 306 g/mol. The molecule has 4 aromatic rings. The number of aromatic amines is 1. The van der Waals surface area contributed by atoms with Crippen molar-refractivity contribution >= 4 is 38.7 Å².